The molecule has 5 nitrogen and oxygen atoms in total. The number of hydrogen-bond acceptors (Lipinski definition) is 3. The van der Waals surface area contributed by atoms with E-state index in [9.17, 15) is 9.18 Å². The maximum absolute atomic E-state index is 12.8. The van der Waals surface area contributed by atoms with Gasteiger partial charge in [0.25, 0.3) is 0 Å². The van der Waals surface area contributed by atoms with Crippen molar-refractivity contribution in [1.82, 2.24) is 15.5 Å². The lowest BCUT2D eigenvalue weighted by Crippen LogP contribution is -2.40. The zero-order chi connectivity index (χ0) is 15.6. The third-order valence-electron chi connectivity index (χ3n) is 3.65. The highest BCUT2D eigenvalue weighted by Crippen LogP contribution is 2.02. The van der Waals surface area contributed by atoms with Crippen LogP contribution >= 0.6 is 0 Å². The van der Waals surface area contributed by atoms with Crippen molar-refractivity contribution in [1.29, 1.82) is 0 Å². The first-order chi connectivity index (χ1) is 10.7. The summed E-state index contributed by atoms with van der Waals surface area (Å²) in [7, 11) is 0. The van der Waals surface area contributed by atoms with Crippen LogP contribution in [0.5, 0.6) is 0 Å². The molecule has 1 fully saturated rings. The van der Waals surface area contributed by atoms with E-state index < -0.39 is 0 Å². The van der Waals surface area contributed by atoms with E-state index >= 15 is 0 Å². The van der Waals surface area contributed by atoms with Gasteiger partial charge >= 0.3 is 6.03 Å². The first kappa shape index (κ1) is 16.7. The number of nitrogens with zero attached hydrogens (tertiary/aromatic N) is 1. The Balaban J connectivity index is 1.49. The Morgan fingerprint density at radius 2 is 1.82 bits per heavy atom. The standard InChI is InChI=1S/C16H24FN3O2/c17-15-4-2-14(3-5-15)6-8-19-16(21)18-7-1-9-20-10-12-22-13-11-20/h2-5H,1,6-13H2,(H2,18,19,21). The van der Waals surface area contributed by atoms with Gasteiger partial charge < -0.3 is 15.4 Å². The predicted octanol–water partition coefficient (Wildman–Crippen LogP) is 1.39. The number of amides is 2. The number of morpholine rings is 1. The molecule has 1 saturated heterocycles. The fraction of sp³-hybridized carbons (Fsp3) is 0.562. The van der Waals surface area contributed by atoms with Gasteiger partial charge in [0.05, 0.1) is 13.2 Å². The zero-order valence-electron chi connectivity index (χ0n) is 12.8. The van der Waals surface area contributed by atoms with Gasteiger partial charge in [0, 0.05) is 26.2 Å². The average molecular weight is 309 g/mol. The molecule has 1 heterocycles. The van der Waals surface area contributed by atoms with E-state index in [1.165, 1.54) is 12.1 Å². The molecule has 6 heteroatoms. The molecule has 0 aliphatic carbocycles. The highest BCUT2D eigenvalue weighted by Gasteiger charge is 2.09. The first-order valence-electron chi connectivity index (χ1n) is 7.80. The second-order valence-corrected chi connectivity index (χ2v) is 5.37. The minimum atomic E-state index is -0.241. The van der Waals surface area contributed by atoms with Crippen LogP contribution in [0, 0.1) is 5.82 Å². The summed E-state index contributed by atoms with van der Waals surface area (Å²) in [5, 5.41) is 5.66. The van der Waals surface area contributed by atoms with Crippen molar-refractivity contribution in [3.8, 4) is 0 Å². The highest BCUT2D eigenvalue weighted by atomic mass is 19.1. The molecular formula is C16H24FN3O2. The van der Waals surface area contributed by atoms with Crippen molar-refractivity contribution in [3.05, 3.63) is 35.6 Å². The molecule has 22 heavy (non-hydrogen) atoms. The molecule has 1 aromatic carbocycles. The average Bonchev–Trinajstić information content (AvgIpc) is 2.54. The largest absolute Gasteiger partial charge is 0.379 e. The van der Waals surface area contributed by atoms with Crippen molar-refractivity contribution in [2.24, 2.45) is 0 Å². The molecule has 2 rings (SSSR count). The van der Waals surface area contributed by atoms with Crippen LogP contribution in [0.1, 0.15) is 12.0 Å². The smallest absolute Gasteiger partial charge is 0.314 e. The van der Waals surface area contributed by atoms with Crippen molar-refractivity contribution < 1.29 is 13.9 Å². The molecule has 0 saturated carbocycles. The number of rotatable bonds is 7. The van der Waals surface area contributed by atoms with Crippen LogP contribution in [0.15, 0.2) is 24.3 Å². The van der Waals surface area contributed by atoms with Gasteiger partial charge in [0.1, 0.15) is 5.82 Å². The molecule has 2 amide bonds. The van der Waals surface area contributed by atoms with Gasteiger partial charge in [-0.25, -0.2) is 9.18 Å². The Bertz CT molecular complexity index is 447. The summed E-state index contributed by atoms with van der Waals surface area (Å²) >= 11 is 0. The Labute approximate surface area is 130 Å². The quantitative estimate of drug-likeness (QED) is 0.749. The molecule has 1 aliphatic heterocycles. The van der Waals surface area contributed by atoms with Crippen LogP contribution in [0.4, 0.5) is 9.18 Å². The van der Waals surface area contributed by atoms with Crippen LogP contribution in [0.3, 0.4) is 0 Å². The maximum atomic E-state index is 12.8. The fourth-order valence-corrected chi connectivity index (χ4v) is 2.36. The number of carbonyl (C=O) groups is 1. The number of urea groups is 1. The normalized spacial score (nSPS) is 15.5. The molecule has 0 unspecified atom stereocenters. The number of benzene rings is 1. The lowest BCUT2D eigenvalue weighted by Gasteiger charge is -2.26. The number of nitrogens with one attached hydrogen (secondary N) is 2. The van der Waals surface area contributed by atoms with Gasteiger partial charge in [0.2, 0.25) is 0 Å². The van der Waals surface area contributed by atoms with Gasteiger partial charge in [0.15, 0.2) is 0 Å². The first-order valence-corrected chi connectivity index (χ1v) is 7.80. The van der Waals surface area contributed by atoms with E-state index in [2.05, 4.69) is 15.5 Å². The fourth-order valence-electron chi connectivity index (χ4n) is 2.36. The minimum absolute atomic E-state index is 0.149. The molecule has 1 aliphatic rings. The lowest BCUT2D eigenvalue weighted by molar-refractivity contribution is 0.0375. The van der Waals surface area contributed by atoms with Gasteiger partial charge in [-0.2, -0.15) is 0 Å². The summed E-state index contributed by atoms with van der Waals surface area (Å²) in [6.45, 7) is 5.75. The van der Waals surface area contributed by atoms with Crippen molar-refractivity contribution in [3.63, 3.8) is 0 Å². The predicted molar refractivity (Wildman–Crippen MR) is 83.4 cm³/mol. The molecule has 2 N–H and O–H groups in total. The number of hydrogen-bond donors (Lipinski definition) is 2. The third-order valence-corrected chi connectivity index (χ3v) is 3.65. The highest BCUT2D eigenvalue weighted by molar-refractivity contribution is 5.73. The molecule has 122 valence electrons. The van der Waals surface area contributed by atoms with E-state index in [1.54, 1.807) is 12.1 Å². The van der Waals surface area contributed by atoms with Crippen LogP contribution in [-0.2, 0) is 11.2 Å². The summed E-state index contributed by atoms with van der Waals surface area (Å²) < 4.78 is 18.0. The Hall–Kier alpha value is -1.66. The molecule has 0 spiro atoms. The molecule has 1 aromatic rings. The summed E-state index contributed by atoms with van der Waals surface area (Å²) in [6.07, 6.45) is 1.63. The number of ether oxygens (including phenoxy) is 1. The van der Waals surface area contributed by atoms with Crippen LogP contribution in [0.2, 0.25) is 0 Å². The van der Waals surface area contributed by atoms with E-state index in [0.717, 1.165) is 44.8 Å². The topological polar surface area (TPSA) is 53.6 Å². The second-order valence-electron chi connectivity index (χ2n) is 5.37. The maximum Gasteiger partial charge on any atom is 0.314 e. The van der Waals surface area contributed by atoms with Gasteiger partial charge in [-0.15, -0.1) is 0 Å². The molecule has 0 bridgehead atoms. The van der Waals surface area contributed by atoms with Crippen molar-refractivity contribution >= 4 is 6.03 Å². The van der Waals surface area contributed by atoms with Crippen LogP contribution in [0.25, 0.3) is 0 Å². The third kappa shape index (κ3) is 6.41. The summed E-state index contributed by atoms with van der Waals surface area (Å²) in [5.41, 5.74) is 1.01. The van der Waals surface area contributed by atoms with E-state index in [-0.39, 0.29) is 11.8 Å². The van der Waals surface area contributed by atoms with Gasteiger partial charge in [-0.3, -0.25) is 4.90 Å². The van der Waals surface area contributed by atoms with Gasteiger partial charge in [-0.05, 0) is 37.1 Å². The molecular weight excluding hydrogens is 285 g/mol. The monoisotopic (exact) mass is 309 g/mol. The Morgan fingerprint density at radius 3 is 2.55 bits per heavy atom. The Kier molecular flexibility index (Phi) is 7.12. The van der Waals surface area contributed by atoms with Crippen molar-refractivity contribution in [2.45, 2.75) is 12.8 Å². The lowest BCUT2D eigenvalue weighted by atomic mass is 10.1. The number of carbonyl (C=O) groups excluding carboxylic acids is 1. The SMILES string of the molecule is O=C(NCCCN1CCOCC1)NCCc1ccc(F)cc1. The summed E-state index contributed by atoms with van der Waals surface area (Å²) in [5.74, 6) is -0.241. The molecule has 0 atom stereocenters. The summed E-state index contributed by atoms with van der Waals surface area (Å²) in [4.78, 5) is 14.0. The van der Waals surface area contributed by atoms with E-state index in [4.69, 9.17) is 4.74 Å². The van der Waals surface area contributed by atoms with E-state index in [1.807, 2.05) is 0 Å². The van der Waals surface area contributed by atoms with Crippen LogP contribution in [-0.4, -0.2) is 56.9 Å². The van der Waals surface area contributed by atoms with Crippen molar-refractivity contribution in [2.75, 3.05) is 45.9 Å². The minimum Gasteiger partial charge on any atom is -0.379 e. The molecule has 0 aromatic heterocycles. The Morgan fingerprint density at radius 1 is 1.14 bits per heavy atom. The zero-order valence-corrected chi connectivity index (χ0v) is 12.8. The van der Waals surface area contributed by atoms with Gasteiger partial charge in [-0.1, -0.05) is 12.1 Å². The molecule has 0 radical (unpaired) electrons. The summed E-state index contributed by atoms with van der Waals surface area (Å²) in [6, 6.07) is 6.18. The van der Waals surface area contributed by atoms with Crippen LogP contribution < -0.4 is 10.6 Å². The second kappa shape index (κ2) is 9.38. The van der Waals surface area contributed by atoms with E-state index in [0.29, 0.717) is 19.5 Å². The number of halogens is 1.